The van der Waals surface area contributed by atoms with Gasteiger partial charge in [0.15, 0.2) is 0 Å². The maximum absolute atomic E-state index is 12.1. The van der Waals surface area contributed by atoms with E-state index in [0.29, 0.717) is 6.54 Å². The van der Waals surface area contributed by atoms with Crippen LogP contribution in [-0.4, -0.2) is 40.9 Å². The maximum Gasteiger partial charge on any atom is 0.223 e. The predicted molar refractivity (Wildman–Crippen MR) is 78.2 cm³/mol. The molecule has 0 saturated carbocycles. The Morgan fingerprint density at radius 1 is 1.40 bits per heavy atom. The van der Waals surface area contributed by atoms with Gasteiger partial charge in [-0.2, -0.15) is 0 Å². The first kappa shape index (κ1) is 13.1. The van der Waals surface area contributed by atoms with Crippen LogP contribution in [0, 0.1) is 5.92 Å². The number of pyridine rings is 1. The SMILES string of the molecule is CN1CCC(C(=O)NCc2ccc3cc[nH]c3n2)CC1. The van der Waals surface area contributed by atoms with Gasteiger partial charge in [0.05, 0.1) is 12.2 Å². The number of carbonyl (C=O) groups excluding carboxylic acids is 1. The summed E-state index contributed by atoms with van der Waals surface area (Å²) in [6.45, 7) is 2.51. The molecule has 0 aliphatic carbocycles. The lowest BCUT2D eigenvalue weighted by atomic mass is 9.96. The number of nitrogens with zero attached hydrogens (tertiary/aromatic N) is 2. The van der Waals surface area contributed by atoms with E-state index in [9.17, 15) is 4.79 Å². The summed E-state index contributed by atoms with van der Waals surface area (Å²) >= 11 is 0. The highest BCUT2D eigenvalue weighted by Crippen LogP contribution is 2.16. The van der Waals surface area contributed by atoms with Crippen molar-refractivity contribution < 1.29 is 4.79 Å². The van der Waals surface area contributed by atoms with Gasteiger partial charge in [-0.1, -0.05) is 0 Å². The van der Waals surface area contributed by atoms with Gasteiger partial charge in [-0.25, -0.2) is 4.98 Å². The number of rotatable bonds is 3. The largest absolute Gasteiger partial charge is 0.350 e. The molecule has 3 rings (SSSR count). The fraction of sp³-hybridized carbons (Fsp3) is 0.467. The second-order valence-electron chi connectivity index (χ2n) is 5.51. The number of nitrogens with one attached hydrogen (secondary N) is 2. The van der Waals surface area contributed by atoms with Crippen LogP contribution < -0.4 is 5.32 Å². The fourth-order valence-electron chi connectivity index (χ4n) is 2.66. The molecule has 2 aromatic rings. The van der Waals surface area contributed by atoms with E-state index in [1.807, 2.05) is 24.4 Å². The molecule has 0 atom stereocenters. The molecule has 2 aromatic heterocycles. The molecule has 0 unspecified atom stereocenters. The Hall–Kier alpha value is -1.88. The highest BCUT2D eigenvalue weighted by Gasteiger charge is 2.22. The highest BCUT2D eigenvalue weighted by molar-refractivity contribution is 5.79. The highest BCUT2D eigenvalue weighted by atomic mass is 16.1. The Morgan fingerprint density at radius 2 is 2.20 bits per heavy atom. The Bertz CT molecular complexity index is 599. The molecule has 1 saturated heterocycles. The van der Waals surface area contributed by atoms with Crippen LogP contribution >= 0.6 is 0 Å². The Kier molecular flexibility index (Phi) is 3.69. The summed E-state index contributed by atoms with van der Waals surface area (Å²) in [5.74, 6) is 0.312. The van der Waals surface area contributed by atoms with E-state index in [-0.39, 0.29) is 11.8 Å². The molecule has 1 amide bonds. The minimum absolute atomic E-state index is 0.153. The molecule has 1 aliphatic heterocycles. The first-order valence-corrected chi connectivity index (χ1v) is 7.11. The topological polar surface area (TPSA) is 61.0 Å². The number of amides is 1. The second kappa shape index (κ2) is 5.63. The molecule has 106 valence electrons. The van der Waals surface area contributed by atoms with E-state index in [2.05, 4.69) is 27.2 Å². The Morgan fingerprint density at radius 3 is 3.00 bits per heavy atom. The third-order valence-corrected chi connectivity index (χ3v) is 4.00. The molecule has 1 fully saturated rings. The zero-order chi connectivity index (χ0) is 13.9. The van der Waals surface area contributed by atoms with Crippen molar-refractivity contribution in [1.29, 1.82) is 0 Å². The van der Waals surface area contributed by atoms with Crippen molar-refractivity contribution in [2.45, 2.75) is 19.4 Å². The number of aromatic amines is 1. The molecule has 2 N–H and O–H groups in total. The van der Waals surface area contributed by atoms with E-state index < -0.39 is 0 Å². The molecular formula is C15H20N4O. The van der Waals surface area contributed by atoms with Crippen molar-refractivity contribution in [3.8, 4) is 0 Å². The Balaban J connectivity index is 1.57. The lowest BCUT2D eigenvalue weighted by Crippen LogP contribution is -2.38. The third-order valence-electron chi connectivity index (χ3n) is 4.00. The summed E-state index contributed by atoms with van der Waals surface area (Å²) in [7, 11) is 2.10. The second-order valence-corrected chi connectivity index (χ2v) is 5.51. The van der Waals surface area contributed by atoms with Gasteiger partial charge in [0.2, 0.25) is 5.91 Å². The number of hydrogen-bond donors (Lipinski definition) is 2. The van der Waals surface area contributed by atoms with Crippen molar-refractivity contribution in [3.63, 3.8) is 0 Å². The van der Waals surface area contributed by atoms with Gasteiger partial charge >= 0.3 is 0 Å². The average molecular weight is 272 g/mol. The quantitative estimate of drug-likeness (QED) is 0.890. The van der Waals surface area contributed by atoms with E-state index in [1.54, 1.807) is 0 Å². The number of likely N-dealkylation sites (tertiary alicyclic amines) is 1. The first-order chi connectivity index (χ1) is 9.72. The minimum Gasteiger partial charge on any atom is -0.350 e. The molecule has 3 heterocycles. The minimum atomic E-state index is 0.153. The van der Waals surface area contributed by atoms with E-state index in [4.69, 9.17) is 0 Å². The van der Waals surface area contributed by atoms with Crippen molar-refractivity contribution in [2.75, 3.05) is 20.1 Å². The summed E-state index contributed by atoms with van der Waals surface area (Å²) < 4.78 is 0. The van der Waals surface area contributed by atoms with Crippen LogP contribution in [-0.2, 0) is 11.3 Å². The summed E-state index contributed by atoms with van der Waals surface area (Å²) in [6, 6.07) is 5.98. The van der Waals surface area contributed by atoms with Crippen LogP contribution in [0.2, 0.25) is 0 Å². The molecule has 0 aromatic carbocycles. The van der Waals surface area contributed by atoms with Crippen LogP contribution in [0.4, 0.5) is 0 Å². The van der Waals surface area contributed by atoms with Gasteiger partial charge in [-0.05, 0) is 51.2 Å². The van der Waals surface area contributed by atoms with E-state index in [1.165, 1.54) is 0 Å². The van der Waals surface area contributed by atoms with E-state index in [0.717, 1.165) is 42.7 Å². The number of carbonyl (C=O) groups is 1. The lowest BCUT2D eigenvalue weighted by Gasteiger charge is -2.27. The number of piperidine rings is 1. The van der Waals surface area contributed by atoms with Crippen molar-refractivity contribution in [1.82, 2.24) is 20.2 Å². The van der Waals surface area contributed by atoms with Gasteiger partial charge in [-0.3, -0.25) is 4.79 Å². The fourth-order valence-corrected chi connectivity index (χ4v) is 2.66. The van der Waals surface area contributed by atoms with Crippen LogP contribution in [0.5, 0.6) is 0 Å². The summed E-state index contributed by atoms with van der Waals surface area (Å²) in [5.41, 5.74) is 1.76. The van der Waals surface area contributed by atoms with Crippen LogP contribution in [0.25, 0.3) is 11.0 Å². The van der Waals surface area contributed by atoms with E-state index >= 15 is 0 Å². The standard InChI is InChI=1S/C15H20N4O/c1-19-8-5-12(6-9-19)15(20)17-10-13-3-2-11-4-7-16-14(11)18-13/h2-4,7,12H,5-6,8-10H2,1H3,(H,16,18)(H,17,20). The van der Waals surface area contributed by atoms with Crippen molar-refractivity contribution in [2.24, 2.45) is 5.92 Å². The number of fused-ring (bicyclic) bond motifs is 1. The van der Waals surface area contributed by atoms with Gasteiger partial charge in [0.1, 0.15) is 5.65 Å². The van der Waals surface area contributed by atoms with Gasteiger partial charge in [0, 0.05) is 17.5 Å². The van der Waals surface area contributed by atoms with Gasteiger partial charge in [-0.15, -0.1) is 0 Å². The van der Waals surface area contributed by atoms with Gasteiger partial charge in [0.25, 0.3) is 0 Å². The molecule has 20 heavy (non-hydrogen) atoms. The Labute approximate surface area is 118 Å². The predicted octanol–water partition coefficient (Wildman–Crippen LogP) is 1.52. The lowest BCUT2D eigenvalue weighted by molar-refractivity contribution is -0.126. The first-order valence-electron chi connectivity index (χ1n) is 7.11. The number of aromatic nitrogens is 2. The molecule has 0 bridgehead atoms. The van der Waals surface area contributed by atoms with Gasteiger partial charge < -0.3 is 15.2 Å². The smallest absolute Gasteiger partial charge is 0.223 e. The maximum atomic E-state index is 12.1. The number of hydrogen-bond acceptors (Lipinski definition) is 3. The molecule has 0 spiro atoms. The molecule has 5 nitrogen and oxygen atoms in total. The third kappa shape index (κ3) is 2.82. The van der Waals surface area contributed by atoms with Crippen LogP contribution in [0.15, 0.2) is 24.4 Å². The summed E-state index contributed by atoms with van der Waals surface area (Å²) in [5, 5.41) is 4.10. The van der Waals surface area contributed by atoms with Crippen LogP contribution in [0.1, 0.15) is 18.5 Å². The number of H-pyrrole nitrogens is 1. The monoisotopic (exact) mass is 272 g/mol. The zero-order valence-electron chi connectivity index (χ0n) is 11.7. The summed E-state index contributed by atoms with van der Waals surface area (Å²) in [4.78, 5) is 22.0. The van der Waals surface area contributed by atoms with Crippen molar-refractivity contribution in [3.05, 3.63) is 30.1 Å². The average Bonchev–Trinajstić information content (AvgIpc) is 2.93. The molecule has 0 radical (unpaired) electrons. The molecular weight excluding hydrogens is 252 g/mol. The molecule has 1 aliphatic rings. The zero-order valence-corrected chi connectivity index (χ0v) is 11.7. The van der Waals surface area contributed by atoms with Crippen LogP contribution in [0.3, 0.4) is 0 Å². The molecule has 5 heteroatoms. The normalized spacial score (nSPS) is 17.4. The van der Waals surface area contributed by atoms with Crippen molar-refractivity contribution >= 4 is 16.9 Å². The summed E-state index contributed by atoms with van der Waals surface area (Å²) in [6.07, 6.45) is 3.77.